The fourth-order valence-corrected chi connectivity index (χ4v) is 3.49. The van der Waals surface area contributed by atoms with Crippen LogP contribution in [0.5, 0.6) is 0 Å². The third-order valence-electron chi connectivity index (χ3n) is 3.46. The molecule has 0 aromatic rings. The van der Waals surface area contributed by atoms with Gasteiger partial charge in [0.1, 0.15) is 12.1 Å². The Morgan fingerprint density at radius 1 is 1.05 bits per heavy atom. The molecule has 6 heteroatoms. The molecule has 0 aliphatic carbocycles. The largest absolute Gasteiger partial charge is 0.483 e. The van der Waals surface area contributed by atoms with E-state index in [0.717, 1.165) is 0 Å². The minimum Gasteiger partial charge on any atom is -0.483 e. The summed E-state index contributed by atoms with van der Waals surface area (Å²) in [5.41, 5.74) is 0. The highest BCUT2D eigenvalue weighted by Gasteiger charge is 2.36. The predicted octanol–water partition coefficient (Wildman–Crippen LogP) is 2.23. The summed E-state index contributed by atoms with van der Waals surface area (Å²) in [5, 5.41) is 9.29. The molecule has 0 aromatic heterocycles. The van der Waals surface area contributed by atoms with Gasteiger partial charge in [0.15, 0.2) is 0 Å². The van der Waals surface area contributed by atoms with Gasteiger partial charge in [-0.2, -0.15) is 11.8 Å². The van der Waals surface area contributed by atoms with Crippen LogP contribution in [-0.4, -0.2) is 60.8 Å². The molecule has 0 radical (unpaired) electrons. The van der Waals surface area contributed by atoms with Gasteiger partial charge < -0.3 is 14.6 Å². The lowest BCUT2D eigenvalue weighted by Gasteiger charge is -2.32. The molecule has 0 spiro atoms. The Balaban J connectivity index is 3.07. The van der Waals surface area contributed by atoms with Crippen molar-refractivity contribution in [1.29, 1.82) is 0 Å². The van der Waals surface area contributed by atoms with E-state index in [0.29, 0.717) is 29.4 Å². The maximum Gasteiger partial charge on any atom is 0.210 e. The van der Waals surface area contributed by atoms with Crippen molar-refractivity contribution in [3.8, 4) is 0 Å². The summed E-state index contributed by atoms with van der Waals surface area (Å²) in [6.45, 7) is 8.65. The molecule has 1 rings (SSSR count). The van der Waals surface area contributed by atoms with Crippen molar-refractivity contribution in [2.24, 2.45) is 21.8 Å². The average molecular weight is 316 g/mol. The maximum absolute atomic E-state index is 9.09. The van der Waals surface area contributed by atoms with E-state index in [-0.39, 0.29) is 23.9 Å². The van der Waals surface area contributed by atoms with Crippen LogP contribution in [0.15, 0.2) is 9.98 Å². The molecule has 1 unspecified atom stereocenters. The molecule has 0 bridgehead atoms. The van der Waals surface area contributed by atoms with Gasteiger partial charge in [-0.05, 0) is 11.8 Å². The number of hydrogen-bond donors (Lipinski definition) is 1. The molecule has 1 aliphatic heterocycles. The van der Waals surface area contributed by atoms with Crippen LogP contribution in [0.3, 0.4) is 0 Å². The first-order valence-electron chi connectivity index (χ1n) is 7.42. The lowest BCUT2D eigenvalue weighted by molar-refractivity contribution is 0.320. The highest BCUT2D eigenvalue weighted by Crippen LogP contribution is 2.29. The number of thioether (sulfide) groups is 1. The quantitative estimate of drug-likeness (QED) is 0.816. The van der Waals surface area contributed by atoms with E-state index in [9.17, 15) is 0 Å². The summed E-state index contributed by atoms with van der Waals surface area (Å²) < 4.78 is 11.0. The van der Waals surface area contributed by atoms with Crippen LogP contribution < -0.4 is 0 Å². The molecule has 5 nitrogen and oxygen atoms in total. The van der Waals surface area contributed by atoms with Gasteiger partial charge in [0.2, 0.25) is 11.8 Å². The summed E-state index contributed by atoms with van der Waals surface area (Å²) in [5.74, 6) is 2.72. The fraction of sp³-hybridized carbons (Fsp3) is 0.867. The Morgan fingerprint density at radius 3 is 2.00 bits per heavy atom. The van der Waals surface area contributed by atoms with Gasteiger partial charge in [-0.15, -0.1) is 0 Å². The number of methoxy groups -OCH3 is 2. The average Bonchev–Trinajstić information content (AvgIpc) is 2.46. The lowest BCUT2D eigenvalue weighted by Crippen LogP contribution is -2.43. The molecule has 122 valence electrons. The first-order chi connectivity index (χ1) is 9.96. The molecule has 3 atom stereocenters. The van der Waals surface area contributed by atoms with Crippen LogP contribution in [0.25, 0.3) is 0 Å². The summed E-state index contributed by atoms with van der Waals surface area (Å²) in [6, 6.07) is -0.242. The van der Waals surface area contributed by atoms with Gasteiger partial charge >= 0.3 is 0 Å². The van der Waals surface area contributed by atoms with Crippen LogP contribution >= 0.6 is 11.8 Å². The smallest absolute Gasteiger partial charge is 0.210 e. The zero-order chi connectivity index (χ0) is 16.0. The van der Waals surface area contributed by atoms with Gasteiger partial charge in [0, 0.05) is 11.0 Å². The van der Waals surface area contributed by atoms with Crippen molar-refractivity contribution in [2.75, 3.05) is 26.6 Å². The van der Waals surface area contributed by atoms with E-state index in [1.807, 2.05) is 0 Å². The minimum atomic E-state index is -0.156. The van der Waals surface area contributed by atoms with Gasteiger partial charge in [0.25, 0.3) is 0 Å². The monoisotopic (exact) mass is 316 g/mol. The third-order valence-corrected chi connectivity index (χ3v) is 5.06. The second-order valence-electron chi connectivity index (χ2n) is 5.78. The van der Waals surface area contributed by atoms with Crippen molar-refractivity contribution in [2.45, 2.75) is 45.0 Å². The normalized spacial score (nSPS) is 23.9. The van der Waals surface area contributed by atoms with E-state index in [1.165, 1.54) is 0 Å². The van der Waals surface area contributed by atoms with Crippen LogP contribution in [0.2, 0.25) is 0 Å². The van der Waals surface area contributed by atoms with Crippen molar-refractivity contribution in [3.63, 3.8) is 0 Å². The number of aliphatic imine (C=N–C) groups is 2. The SMILES string of the molecule is COC1=N[C@H](C(C)C)C(OC)=NC1[C@@H](SCCO)C(C)C. The van der Waals surface area contributed by atoms with Crippen LogP contribution in [0.4, 0.5) is 0 Å². The van der Waals surface area contributed by atoms with Crippen LogP contribution in [0, 0.1) is 11.8 Å². The molecular formula is C15H28N2O3S. The Morgan fingerprint density at radius 2 is 1.57 bits per heavy atom. The Kier molecular flexibility index (Phi) is 7.52. The molecule has 0 aromatic carbocycles. The third kappa shape index (κ3) is 4.61. The zero-order valence-corrected chi connectivity index (χ0v) is 14.7. The number of aliphatic hydroxyl groups is 1. The van der Waals surface area contributed by atoms with Gasteiger partial charge in [-0.1, -0.05) is 27.7 Å². The molecule has 0 fully saturated rings. The summed E-state index contributed by atoms with van der Waals surface area (Å²) >= 11 is 1.70. The minimum absolute atomic E-state index is 0.0862. The molecule has 0 saturated carbocycles. The number of ether oxygens (including phenoxy) is 2. The molecule has 1 N–H and O–H groups in total. The molecule has 21 heavy (non-hydrogen) atoms. The van der Waals surface area contributed by atoms with E-state index in [1.54, 1.807) is 26.0 Å². The zero-order valence-electron chi connectivity index (χ0n) is 13.9. The van der Waals surface area contributed by atoms with Gasteiger partial charge in [-0.25, -0.2) is 9.98 Å². The first kappa shape index (κ1) is 18.3. The van der Waals surface area contributed by atoms with E-state index >= 15 is 0 Å². The lowest BCUT2D eigenvalue weighted by atomic mass is 9.99. The molecule has 1 aliphatic rings. The second-order valence-corrected chi connectivity index (χ2v) is 7.07. The van der Waals surface area contributed by atoms with Crippen molar-refractivity contribution < 1.29 is 14.6 Å². The number of aliphatic hydroxyl groups excluding tert-OH is 1. The van der Waals surface area contributed by atoms with Crippen LogP contribution in [-0.2, 0) is 9.47 Å². The summed E-state index contributed by atoms with van der Waals surface area (Å²) in [7, 11) is 3.29. The van der Waals surface area contributed by atoms with Crippen LogP contribution in [0.1, 0.15) is 27.7 Å². The molecular weight excluding hydrogens is 288 g/mol. The Bertz CT molecular complexity index is 383. The Hall–Kier alpha value is -0.750. The molecule has 0 amide bonds. The van der Waals surface area contributed by atoms with Crippen molar-refractivity contribution >= 4 is 23.6 Å². The first-order valence-corrected chi connectivity index (χ1v) is 8.46. The van der Waals surface area contributed by atoms with E-state index in [2.05, 4.69) is 27.7 Å². The predicted molar refractivity (Wildman–Crippen MR) is 89.5 cm³/mol. The van der Waals surface area contributed by atoms with Crippen molar-refractivity contribution in [3.05, 3.63) is 0 Å². The number of nitrogens with zero attached hydrogens (tertiary/aromatic N) is 2. The summed E-state index contributed by atoms with van der Waals surface area (Å²) in [6.07, 6.45) is 0. The maximum atomic E-state index is 9.09. The van der Waals surface area contributed by atoms with E-state index < -0.39 is 0 Å². The fourth-order valence-electron chi connectivity index (χ4n) is 2.37. The van der Waals surface area contributed by atoms with Gasteiger partial charge in [-0.3, -0.25) is 0 Å². The highest BCUT2D eigenvalue weighted by molar-refractivity contribution is 8.00. The number of rotatable bonds is 6. The highest BCUT2D eigenvalue weighted by atomic mass is 32.2. The topological polar surface area (TPSA) is 63.4 Å². The standard InChI is InChI=1S/C15H28N2O3S/c1-9(2)11-14(19-5)17-12(15(16-11)20-6)13(10(3)4)21-8-7-18/h9-13,18H,7-8H2,1-6H3/t11-,12?,13+/m1/s1. The molecule has 0 saturated heterocycles. The molecule has 1 heterocycles. The summed E-state index contributed by atoms with van der Waals surface area (Å²) in [4.78, 5) is 9.47. The van der Waals surface area contributed by atoms with Gasteiger partial charge in [0.05, 0.1) is 20.8 Å². The Labute approximate surface area is 132 Å². The van der Waals surface area contributed by atoms with Crippen molar-refractivity contribution in [1.82, 2.24) is 0 Å². The van der Waals surface area contributed by atoms with E-state index in [4.69, 9.17) is 24.6 Å². The number of hydrogen-bond acceptors (Lipinski definition) is 6. The second kappa shape index (κ2) is 8.63.